The summed E-state index contributed by atoms with van der Waals surface area (Å²) < 4.78 is 5.87. The average molecular weight is 415 g/mol. The van der Waals surface area contributed by atoms with Crippen molar-refractivity contribution in [2.75, 3.05) is 12.3 Å². The highest BCUT2D eigenvalue weighted by Crippen LogP contribution is 2.32. The van der Waals surface area contributed by atoms with Crippen molar-refractivity contribution in [1.82, 2.24) is 15.3 Å². The van der Waals surface area contributed by atoms with Crippen molar-refractivity contribution in [1.29, 1.82) is 0 Å². The number of nitrogens with zero attached hydrogens (tertiary/aromatic N) is 2. The number of nitrogens with one attached hydrogen (secondary N) is 1. The van der Waals surface area contributed by atoms with Crippen LogP contribution in [0.3, 0.4) is 0 Å². The van der Waals surface area contributed by atoms with Gasteiger partial charge in [-0.2, -0.15) is 0 Å². The molecular formula is C25H26N4O2. The van der Waals surface area contributed by atoms with E-state index in [0.29, 0.717) is 28.7 Å². The molecule has 31 heavy (non-hydrogen) atoms. The summed E-state index contributed by atoms with van der Waals surface area (Å²) in [5, 5.41) is 3.15. The number of carbonyl (C=O) groups excluding carboxylic acids is 1. The van der Waals surface area contributed by atoms with Gasteiger partial charge < -0.3 is 15.8 Å². The summed E-state index contributed by atoms with van der Waals surface area (Å²) in [5.41, 5.74) is 10.2. The molecule has 3 aromatic rings. The smallest absolute Gasteiger partial charge is 0.270 e. The molecule has 1 aromatic heterocycles. The van der Waals surface area contributed by atoms with E-state index in [1.54, 1.807) is 18.3 Å². The number of hydrogen-bond acceptors (Lipinski definition) is 5. The third kappa shape index (κ3) is 4.38. The molecule has 1 fully saturated rings. The molecule has 3 N–H and O–H groups in total. The highest BCUT2D eigenvalue weighted by atomic mass is 16.5. The standard InChI is InChI=1S/C25H26N4O2/c26-21-11-10-18(31-15-16-8-9-16)14-20(21)24-27-13-12-23(28-24)25(30)29-22-7-3-5-17-4-1-2-6-19(17)22/h1-2,4,6,10-14,16,22H,3,5,7-9,15,26H2,(H,29,30)/t22-/m0/s1. The molecule has 1 saturated carbocycles. The van der Waals surface area contributed by atoms with E-state index in [2.05, 4.69) is 27.4 Å². The first-order valence-electron chi connectivity index (χ1n) is 10.9. The minimum Gasteiger partial charge on any atom is -0.493 e. The van der Waals surface area contributed by atoms with Crippen LogP contribution in [0.4, 0.5) is 5.69 Å². The number of nitrogens with two attached hydrogens (primary N) is 1. The number of aromatic nitrogens is 2. The molecule has 0 spiro atoms. The Bertz CT molecular complexity index is 1110. The van der Waals surface area contributed by atoms with Crippen LogP contribution in [0.1, 0.15) is 53.3 Å². The number of carbonyl (C=O) groups is 1. The lowest BCUT2D eigenvalue weighted by molar-refractivity contribution is 0.0927. The fourth-order valence-corrected chi connectivity index (χ4v) is 4.07. The first kappa shape index (κ1) is 19.5. The molecule has 1 amide bonds. The van der Waals surface area contributed by atoms with E-state index in [1.165, 1.54) is 24.0 Å². The third-order valence-corrected chi connectivity index (χ3v) is 6.01. The third-order valence-electron chi connectivity index (χ3n) is 6.01. The maximum absolute atomic E-state index is 13.0. The molecule has 0 bridgehead atoms. The predicted molar refractivity (Wildman–Crippen MR) is 120 cm³/mol. The van der Waals surface area contributed by atoms with Crippen LogP contribution < -0.4 is 15.8 Å². The number of amides is 1. The quantitative estimate of drug-likeness (QED) is 0.586. The Balaban J connectivity index is 1.36. The van der Waals surface area contributed by atoms with Crippen molar-refractivity contribution in [3.8, 4) is 17.1 Å². The average Bonchev–Trinajstić information content (AvgIpc) is 3.63. The molecule has 5 rings (SSSR count). The van der Waals surface area contributed by atoms with Gasteiger partial charge in [0.2, 0.25) is 0 Å². The first-order chi connectivity index (χ1) is 15.2. The number of nitrogen functional groups attached to an aromatic ring is 1. The zero-order valence-electron chi connectivity index (χ0n) is 17.4. The van der Waals surface area contributed by atoms with Crippen LogP contribution in [0.2, 0.25) is 0 Å². The van der Waals surface area contributed by atoms with E-state index < -0.39 is 0 Å². The van der Waals surface area contributed by atoms with Gasteiger partial charge in [0.25, 0.3) is 5.91 Å². The van der Waals surface area contributed by atoms with Gasteiger partial charge in [-0.25, -0.2) is 9.97 Å². The Morgan fingerprint density at radius 2 is 2.00 bits per heavy atom. The number of benzene rings is 2. The predicted octanol–water partition coefficient (Wildman–Crippen LogP) is 4.32. The first-order valence-corrected chi connectivity index (χ1v) is 10.9. The van der Waals surface area contributed by atoms with E-state index in [-0.39, 0.29) is 11.9 Å². The fraction of sp³-hybridized carbons (Fsp3) is 0.320. The van der Waals surface area contributed by atoms with E-state index >= 15 is 0 Å². The molecule has 1 heterocycles. The van der Waals surface area contributed by atoms with Gasteiger partial charge in [0.15, 0.2) is 5.82 Å². The highest BCUT2D eigenvalue weighted by Gasteiger charge is 2.23. The summed E-state index contributed by atoms with van der Waals surface area (Å²) in [4.78, 5) is 21.9. The maximum atomic E-state index is 13.0. The van der Waals surface area contributed by atoms with Crippen molar-refractivity contribution in [2.45, 2.75) is 38.1 Å². The lowest BCUT2D eigenvalue weighted by Crippen LogP contribution is -2.31. The highest BCUT2D eigenvalue weighted by molar-refractivity contribution is 5.93. The zero-order valence-corrected chi connectivity index (χ0v) is 17.4. The number of hydrogen-bond donors (Lipinski definition) is 2. The normalized spacial score (nSPS) is 17.6. The van der Waals surface area contributed by atoms with Gasteiger partial charge in [-0.1, -0.05) is 24.3 Å². The number of fused-ring (bicyclic) bond motifs is 1. The number of ether oxygens (including phenoxy) is 1. The largest absolute Gasteiger partial charge is 0.493 e. The van der Waals surface area contributed by atoms with E-state index in [4.69, 9.17) is 10.5 Å². The SMILES string of the molecule is Nc1ccc(OCC2CC2)cc1-c1nccc(C(=O)N[C@H]2CCCc3ccccc32)n1. The second-order valence-electron chi connectivity index (χ2n) is 8.39. The van der Waals surface area contributed by atoms with Crippen LogP contribution in [0.25, 0.3) is 11.4 Å². The number of anilines is 1. The Morgan fingerprint density at radius 1 is 1.13 bits per heavy atom. The van der Waals surface area contributed by atoms with Crippen molar-refractivity contribution in [3.63, 3.8) is 0 Å². The molecule has 0 unspecified atom stereocenters. The second-order valence-corrected chi connectivity index (χ2v) is 8.39. The van der Waals surface area contributed by atoms with Crippen molar-refractivity contribution < 1.29 is 9.53 Å². The van der Waals surface area contributed by atoms with Crippen LogP contribution in [-0.4, -0.2) is 22.5 Å². The zero-order chi connectivity index (χ0) is 21.2. The summed E-state index contributed by atoms with van der Waals surface area (Å²) in [6.07, 6.45) is 7.10. The molecule has 0 aliphatic heterocycles. The molecular weight excluding hydrogens is 388 g/mol. The molecule has 2 aromatic carbocycles. The van der Waals surface area contributed by atoms with Crippen molar-refractivity contribution in [3.05, 3.63) is 71.5 Å². The maximum Gasteiger partial charge on any atom is 0.270 e. The topological polar surface area (TPSA) is 90.1 Å². The minimum atomic E-state index is -0.204. The summed E-state index contributed by atoms with van der Waals surface area (Å²) in [6, 6.07) is 15.4. The lowest BCUT2D eigenvalue weighted by atomic mass is 9.87. The molecule has 0 radical (unpaired) electrons. The molecule has 2 aliphatic rings. The Morgan fingerprint density at radius 3 is 2.87 bits per heavy atom. The molecule has 6 heteroatoms. The lowest BCUT2D eigenvalue weighted by Gasteiger charge is -2.26. The summed E-state index contributed by atoms with van der Waals surface area (Å²) in [7, 11) is 0. The summed E-state index contributed by atoms with van der Waals surface area (Å²) in [5.74, 6) is 1.62. The van der Waals surface area contributed by atoms with Gasteiger partial charge >= 0.3 is 0 Å². The van der Waals surface area contributed by atoms with Crippen LogP contribution in [0.5, 0.6) is 5.75 Å². The number of aryl methyl sites for hydroxylation is 1. The van der Waals surface area contributed by atoms with Gasteiger partial charge in [-0.15, -0.1) is 0 Å². The van der Waals surface area contributed by atoms with Crippen LogP contribution in [0.15, 0.2) is 54.7 Å². The van der Waals surface area contributed by atoms with Crippen LogP contribution in [0, 0.1) is 5.92 Å². The van der Waals surface area contributed by atoms with Crippen molar-refractivity contribution >= 4 is 11.6 Å². The van der Waals surface area contributed by atoms with Gasteiger partial charge in [-0.05, 0) is 73.4 Å². The second kappa shape index (κ2) is 8.38. The van der Waals surface area contributed by atoms with Crippen molar-refractivity contribution in [2.24, 2.45) is 5.92 Å². The van der Waals surface area contributed by atoms with Gasteiger partial charge in [-0.3, -0.25) is 4.79 Å². The van der Waals surface area contributed by atoms with E-state index in [9.17, 15) is 4.79 Å². The van der Waals surface area contributed by atoms with Gasteiger partial charge in [0, 0.05) is 17.4 Å². The monoisotopic (exact) mass is 414 g/mol. The summed E-state index contributed by atoms with van der Waals surface area (Å²) in [6.45, 7) is 0.718. The van der Waals surface area contributed by atoms with Crippen LogP contribution >= 0.6 is 0 Å². The van der Waals surface area contributed by atoms with E-state index in [0.717, 1.165) is 31.6 Å². The van der Waals surface area contributed by atoms with Crippen LogP contribution in [-0.2, 0) is 6.42 Å². The molecule has 6 nitrogen and oxygen atoms in total. The molecule has 0 saturated heterocycles. The number of rotatable bonds is 6. The Hall–Kier alpha value is -3.41. The van der Waals surface area contributed by atoms with Gasteiger partial charge in [0.1, 0.15) is 11.4 Å². The van der Waals surface area contributed by atoms with E-state index in [1.807, 2.05) is 24.3 Å². The summed E-state index contributed by atoms with van der Waals surface area (Å²) >= 11 is 0. The minimum absolute atomic E-state index is 0.0000803. The Kier molecular flexibility index (Phi) is 5.28. The van der Waals surface area contributed by atoms with Gasteiger partial charge in [0.05, 0.1) is 12.6 Å². The Labute approximate surface area is 181 Å². The molecule has 1 atom stereocenters. The molecule has 2 aliphatic carbocycles. The molecule has 158 valence electrons. The fourth-order valence-electron chi connectivity index (χ4n) is 4.07.